The molecule has 0 aliphatic heterocycles. The van der Waals surface area contributed by atoms with E-state index < -0.39 is 0 Å². The number of benzene rings is 1. The minimum atomic E-state index is 0.651. The Hall–Kier alpha value is -1.33. The van der Waals surface area contributed by atoms with Gasteiger partial charge >= 0.3 is 0 Å². The van der Waals surface area contributed by atoms with Gasteiger partial charge in [-0.25, -0.2) is 0 Å². The lowest BCUT2D eigenvalue weighted by molar-refractivity contribution is 0.133. The molecule has 0 aliphatic rings. The van der Waals surface area contributed by atoms with Crippen molar-refractivity contribution in [3.8, 4) is 0 Å². The highest BCUT2D eigenvalue weighted by Gasteiger charge is 1.99. The van der Waals surface area contributed by atoms with Gasteiger partial charge in [-0.2, -0.15) is 0 Å². The molecule has 0 unspecified atom stereocenters. The minimum Gasteiger partial charge on any atom is -0.381 e. The van der Waals surface area contributed by atoms with Crippen LogP contribution in [0.15, 0.2) is 24.3 Å². The van der Waals surface area contributed by atoms with Crippen LogP contribution in [-0.4, -0.2) is 39.0 Å². The molecule has 1 rings (SSSR count). The summed E-state index contributed by atoms with van der Waals surface area (Å²) in [5.41, 5.74) is 2.16. The van der Waals surface area contributed by atoms with E-state index in [-0.39, 0.29) is 0 Å². The third-order valence-corrected chi connectivity index (χ3v) is 2.99. The van der Waals surface area contributed by atoms with Crippen LogP contribution in [0.4, 0.5) is 11.4 Å². The Balaban J connectivity index is 2.21. The van der Waals surface area contributed by atoms with E-state index >= 15 is 0 Å². The lowest BCUT2D eigenvalue weighted by Crippen LogP contribution is -2.29. The van der Waals surface area contributed by atoms with Gasteiger partial charge in [-0.15, -0.1) is 0 Å². The first-order valence-electron chi connectivity index (χ1n) is 7.03. The number of ether oxygens (including phenoxy) is 1. The fraction of sp³-hybridized carbons (Fsp3) is 0.533. The largest absolute Gasteiger partial charge is 0.381 e. The van der Waals surface area contributed by atoms with Crippen molar-refractivity contribution in [1.29, 1.82) is 0 Å². The molecule has 1 aromatic carbocycles. The molecule has 0 spiro atoms. The normalized spacial score (nSPS) is 10.2. The van der Waals surface area contributed by atoms with Crippen molar-refractivity contribution in [3.63, 3.8) is 0 Å². The van der Waals surface area contributed by atoms with Crippen LogP contribution in [0.2, 0.25) is 0 Å². The molecule has 0 bridgehead atoms. The topological polar surface area (TPSA) is 36.5 Å². The van der Waals surface area contributed by atoms with E-state index in [0.29, 0.717) is 5.11 Å². The standard InChI is InChI=1S/C15H25N3OS/c1-4-11-19-12-5-10-16-15(20)17-13-6-8-14(9-7-13)18(2)3/h6-9H,4-5,10-12H2,1-3H3,(H2,16,17,20). The summed E-state index contributed by atoms with van der Waals surface area (Å²) in [6.45, 7) is 4.55. The van der Waals surface area contributed by atoms with Gasteiger partial charge in [0.25, 0.3) is 0 Å². The summed E-state index contributed by atoms with van der Waals surface area (Å²) in [5.74, 6) is 0. The van der Waals surface area contributed by atoms with E-state index in [4.69, 9.17) is 17.0 Å². The number of nitrogens with one attached hydrogen (secondary N) is 2. The zero-order chi connectivity index (χ0) is 14.8. The van der Waals surface area contributed by atoms with Crippen LogP contribution >= 0.6 is 12.2 Å². The Morgan fingerprint density at radius 3 is 2.50 bits per heavy atom. The van der Waals surface area contributed by atoms with Crippen molar-refractivity contribution >= 4 is 28.7 Å². The van der Waals surface area contributed by atoms with Gasteiger partial charge in [-0.1, -0.05) is 6.92 Å². The lowest BCUT2D eigenvalue weighted by Gasteiger charge is -2.14. The van der Waals surface area contributed by atoms with Gasteiger partial charge < -0.3 is 20.3 Å². The van der Waals surface area contributed by atoms with Crippen LogP contribution in [0.3, 0.4) is 0 Å². The molecular formula is C15H25N3OS. The molecule has 2 N–H and O–H groups in total. The second-order valence-corrected chi connectivity index (χ2v) is 5.20. The van der Waals surface area contributed by atoms with Crippen LogP contribution in [0.5, 0.6) is 0 Å². The Kier molecular flexibility index (Phi) is 7.99. The maximum absolute atomic E-state index is 5.41. The summed E-state index contributed by atoms with van der Waals surface area (Å²) in [7, 11) is 4.05. The molecule has 0 atom stereocenters. The maximum Gasteiger partial charge on any atom is 0.170 e. The van der Waals surface area contributed by atoms with Crippen molar-refractivity contribution in [3.05, 3.63) is 24.3 Å². The smallest absolute Gasteiger partial charge is 0.170 e. The predicted molar refractivity (Wildman–Crippen MR) is 90.7 cm³/mol. The van der Waals surface area contributed by atoms with Gasteiger partial charge in [0.05, 0.1) is 0 Å². The first-order valence-corrected chi connectivity index (χ1v) is 7.44. The Labute approximate surface area is 127 Å². The summed E-state index contributed by atoms with van der Waals surface area (Å²) in [5, 5.41) is 7.00. The van der Waals surface area contributed by atoms with Gasteiger partial charge in [-0.05, 0) is 49.3 Å². The van der Waals surface area contributed by atoms with E-state index in [1.54, 1.807) is 0 Å². The highest BCUT2D eigenvalue weighted by atomic mass is 32.1. The second-order valence-electron chi connectivity index (χ2n) is 4.79. The van der Waals surface area contributed by atoms with Crippen molar-refractivity contribution in [2.75, 3.05) is 44.1 Å². The average Bonchev–Trinajstić information content (AvgIpc) is 2.43. The van der Waals surface area contributed by atoms with Gasteiger partial charge in [0, 0.05) is 45.2 Å². The summed E-state index contributed by atoms with van der Waals surface area (Å²) in [4.78, 5) is 2.07. The molecule has 1 aromatic rings. The van der Waals surface area contributed by atoms with E-state index in [1.807, 2.05) is 26.2 Å². The van der Waals surface area contributed by atoms with Crippen LogP contribution in [0.25, 0.3) is 0 Å². The summed E-state index contributed by atoms with van der Waals surface area (Å²) in [6, 6.07) is 8.16. The predicted octanol–water partition coefficient (Wildman–Crippen LogP) is 2.86. The third kappa shape index (κ3) is 6.73. The molecule has 5 heteroatoms. The molecule has 0 amide bonds. The molecule has 0 aromatic heterocycles. The second kappa shape index (κ2) is 9.55. The van der Waals surface area contributed by atoms with E-state index in [1.165, 1.54) is 5.69 Å². The van der Waals surface area contributed by atoms with Gasteiger partial charge in [0.1, 0.15) is 0 Å². The van der Waals surface area contributed by atoms with Crippen LogP contribution in [0.1, 0.15) is 19.8 Å². The fourth-order valence-electron chi connectivity index (χ4n) is 1.64. The van der Waals surface area contributed by atoms with Crippen molar-refractivity contribution in [2.45, 2.75) is 19.8 Å². The lowest BCUT2D eigenvalue weighted by atomic mass is 10.2. The summed E-state index contributed by atoms with van der Waals surface area (Å²) in [6.07, 6.45) is 2.03. The van der Waals surface area contributed by atoms with Crippen molar-refractivity contribution < 1.29 is 4.74 Å². The minimum absolute atomic E-state index is 0.651. The molecule has 112 valence electrons. The molecule has 0 radical (unpaired) electrons. The number of anilines is 2. The monoisotopic (exact) mass is 295 g/mol. The Morgan fingerprint density at radius 1 is 1.20 bits per heavy atom. The SMILES string of the molecule is CCCOCCCNC(=S)Nc1ccc(N(C)C)cc1. The highest BCUT2D eigenvalue weighted by molar-refractivity contribution is 7.80. The van der Waals surface area contributed by atoms with Crippen LogP contribution in [-0.2, 0) is 4.74 Å². The van der Waals surface area contributed by atoms with Gasteiger partial charge in [0.15, 0.2) is 5.11 Å². The Bertz CT molecular complexity index is 393. The maximum atomic E-state index is 5.41. The number of thiocarbonyl (C=S) groups is 1. The summed E-state index contributed by atoms with van der Waals surface area (Å²) >= 11 is 5.25. The molecule has 4 nitrogen and oxygen atoms in total. The number of hydrogen-bond donors (Lipinski definition) is 2. The molecule has 0 saturated heterocycles. The highest BCUT2D eigenvalue weighted by Crippen LogP contribution is 2.15. The molecule has 0 aliphatic carbocycles. The van der Waals surface area contributed by atoms with Gasteiger partial charge in [-0.3, -0.25) is 0 Å². The fourth-order valence-corrected chi connectivity index (χ4v) is 1.86. The van der Waals surface area contributed by atoms with Crippen LogP contribution < -0.4 is 15.5 Å². The number of nitrogens with zero attached hydrogens (tertiary/aromatic N) is 1. The van der Waals surface area contributed by atoms with Crippen LogP contribution in [0, 0.1) is 0 Å². The first-order chi connectivity index (χ1) is 9.63. The summed E-state index contributed by atoms with van der Waals surface area (Å²) < 4.78 is 5.41. The van der Waals surface area contributed by atoms with Crippen molar-refractivity contribution in [1.82, 2.24) is 5.32 Å². The van der Waals surface area contributed by atoms with Gasteiger partial charge in [0.2, 0.25) is 0 Å². The van der Waals surface area contributed by atoms with Crippen molar-refractivity contribution in [2.24, 2.45) is 0 Å². The zero-order valence-corrected chi connectivity index (χ0v) is 13.4. The molecule has 20 heavy (non-hydrogen) atoms. The molecular weight excluding hydrogens is 270 g/mol. The zero-order valence-electron chi connectivity index (χ0n) is 12.6. The molecule has 0 heterocycles. The van der Waals surface area contributed by atoms with E-state index in [9.17, 15) is 0 Å². The van der Waals surface area contributed by atoms with E-state index in [2.05, 4.69) is 34.6 Å². The molecule has 0 saturated carbocycles. The quantitative estimate of drug-likeness (QED) is 0.570. The first kappa shape index (κ1) is 16.7. The average molecular weight is 295 g/mol. The molecule has 0 fully saturated rings. The number of rotatable bonds is 8. The number of hydrogen-bond acceptors (Lipinski definition) is 3. The van der Waals surface area contributed by atoms with E-state index in [0.717, 1.165) is 38.3 Å². The third-order valence-electron chi connectivity index (χ3n) is 2.74. The Morgan fingerprint density at radius 2 is 1.90 bits per heavy atom.